The molecule has 0 heterocycles. The van der Waals surface area contributed by atoms with Gasteiger partial charge in [-0.3, -0.25) is 4.79 Å². The highest BCUT2D eigenvalue weighted by molar-refractivity contribution is 5.72. The summed E-state index contributed by atoms with van der Waals surface area (Å²) in [4.78, 5) is 23.3. The highest BCUT2D eigenvalue weighted by Crippen LogP contribution is 2.15. The average molecular weight is 294 g/mol. The molecule has 5 heteroatoms. The van der Waals surface area contributed by atoms with Crippen molar-refractivity contribution in [2.75, 3.05) is 0 Å². The molecule has 1 rings (SSSR count). The Morgan fingerprint density at radius 2 is 1.52 bits per heavy atom. The first kappa shape index (κ1) is 17.0. The van der Waals surface area contributed by atoms with Crippen molar-refractivity contribution in [2.24, 2.45) is 11.8 Å². The van der Waals surface area contributed by atoms with E-state index in [9.17, 15) is 9.59 Å². The van der Waals surface area contributed by atoms with Gasteiger partial charge in [0, 0.05) is 5.92 Å². The minimum absolute atomic E-state index is 0.168. The molecule has 0 aliphatic rings. The third-order valence-electron chi connectivity index (χ3n) is 2.68. The van der Waals surface area contributed by atoms with Gasteiger partial charge in [-0.2, -0.15) is 0 Å². The van der Waals surface area contributed by atoms with Crippen molar-refractivity contribution in [3.63, 3.8) is 0 Å². The maximum atomic E-state index is 11.7. The van der Waals surface area contributed by atoms with Crippen molar-refractivity contribution in [1.82, 2.24) is 0 Å². The molecule has 0 spiro atoms. The lowest BCUT2D eigenvalue weighted by Gasteiger charge is -2.21. The first-order valence-electron chi connectivity index (χ1n) is 6.95. The summed E-state index contributed by atoms with van der Waals surface area (Å²) in [6, 6.07) is 6.98. The Morgan fingerprint density at radius 3 is 2.00 bits per heavy atom. The van der Waals surface area contributed by atoms with Gasteiger partial charge in [0.05, 0.1) is 5.92 Å². The van der Waals surface area contributed by atoms with Crippen LogP contribution in [0.25, 0.3) is 0 Å². The molecule has 0 saturated heterocycles. The highest BCUT2D eigenvalue weighted by Gasteiger charge is 2.25. The Kier molecular flexibility index (Phi) is 6.21. The second-order valence-corrected chi connectivity index (χ2v) is 5.49. The van der Waals surface area contributed by atoms with E-state index in [1.54, 1.807) is 39.8 Å². The third kappa shape index (κ3) is 5.85. The molecule has 1 aromatic carbocycles. The van der Waals surface area contributed by atoms with E-state index in [0.717, 1.165) is 5.56 Å². The molecule has 0 amide bonds. The molecule has 0 bridgehead atoms. The monoisotopic (exact) mass is 294 g/mol. The van der Waals surface area contributed by atoms with Crippen LogP contribution in [0.1, 0.15) is 33.3 Å². The Morgan fingerprint density at radius 1 is 0.952 bits per heavy atom. The number of carbonyl (C=O) groups is 2. The van der Waals surface area contributed by atoms with E-state index in [-0.39, 0.29) is 11.8 Å². The van der Waals surface area contributed by atoms with Gasteiger partial charge in [-0.1, -0.05) is 45.4 Å². The van der Waals surface area contributed by atoms with Crippen LogP contribution in [0.5, 0.6) is 5.75 Å². The molecule has 0 aliphatic carbocycles. The van der Waals surface area contributed by atoms with Gasteiger partial charge in [0.15, 0.2) is 0 Å². The first-order chi connectivity index (χ1) is 9.79. The molecule has 0 saturated carbocycles. The minimum Gasteiger partial charge on any atom is -0.425 e. The molecule has 0 aromatic heterocycles. The lowest BCUT2D eigenvalue weighted by molar-refractivity contribution is -0.180. The average Bonchev–Trinajstić information content (AvgIpc) is 2.40. The molecule has 1 atom stereocenters. The molecule has 5 nitrogen and oxygen atoms in total. The predicted molar refractivity (Wildman–Crippen MR) is 77.8 cm³/mol. The van der Waals surface area contributed by atoms with Gasteiger partial charge >= 0.3 is 12.1 Å². The van der Waals surface area contributed by atoms with Gasteiger partial charge in [-0.25, -0.2) is 4.79 Å². The molecule has 0 unspecified atom stereocenters. The summed E-state index contributed by atoms with van der Waals surface area (Å²) >= 11 is 0. The van der Waals surface area contributed by atoms with Gasteiger partial charge in [-0.05, 0) is 19.1 Å². The fourth-order valence-corrected chi connectivity index (χ4v) is 1.37. The summed E-state index contributed by atoms with van der Waals surface area (Å²) in [7, 11) is 0. The summed E-state index contributed by atoms with van der Waals surface area (Å²) in [6.07, 6.45) is -1.85. The van der Waals surface area contributed by atoms with Gasteiger partial charge in [-0.15, -0.1) is 0 Å². The zero-order valence-corrected chi connectivity index (χ0v) is 13.1. The van der Waals surface area contributed by atoms with Crippen LogP contribution >= 0.6 is 0 Å². The first-order valence-corrected chi connectivity index (χ1v) is 6.95. The van der Waals surface area contributed by atoms with Crippen molar-refractivity contribution in [2.45, 2.75) is 40.9 Å². The predicted octanol–water partition coefficient (Wildman–Crippen LogP) is 3.69. The van der Waals surface area contributed by atoms with Gasteiger partial charge in [0.2, 0.25) is 0 Å². The van der Waals surface area contributed by atoms with E-state index in [4.69, 9.17) is 14.2 Å². The molecule has 21 heavy (non-hydrogen) atoms. The molecule has 0 radical (unpaired) electrons. The standard InChI is InChI=1S/C16H22O5/c1-10(2)14(17)20-15(11(3)4)21-16(18)19-13-8-6-12(5)7-9-13/h6-11,15H,1-5H3/t15-/m0/s1. The van der Waals surface area contributed by atoms with E-state index in [1.807, 2.05) is 19.1 Å². The topological polar surface area (TPSA) is 61.8 Å². The number of benzene rings is 1. The number of esters is 1. The summed E-state index contributed by atoms with van der Waals surface area (Å²) in [5.74, 6) is -0.499. The summed E-state index contributed by atoms with van der Waals surface area (Å²) in [6.45, 7) is 8.94. The second kappa shape index (κ2) is 7.67. The van der Waals surface area contributed by atoms with Crippen LogP contribution in [0, 0.1) is 18.8 Å². The number of aryl methyl sites for hydroxylation is 1. The van der Waals surface area contributed by atoms with E-state index in [0.29, 0.717) is 5.75 Å². The van der Waals surface area contributed by atoms with Crippen molar-refractivity contribution >= 4 is 12.1 Å². The van der Waals surface area contributed by atoms with Crippen molar-refractivity contribution in [1.29, 1.82) is 0 Å². The Balaban J connectivity index is 2.60. The normalized spacial score (nSPS) is 12.1. The zero-order valence-electron chi connectivity index (χ0n) is 13.1. The SMILES string of the molecule is Cc1ccc(OC(=O)O[C@H](OC(=O)C(C)C)C(C)C)cc1. The van der Waals surface area contributed by atoms with Crippen LogP contribution in [0.15, 0.2) is 24.3 Å². The van der Waals surface area contributed by atoms with Crippen molar-refractivity contribution in [3.8, 4) is 5.75 Å². The van der Waals surface area contributed by atoms with Crippen LogP contribution in [-0.4, -0.2) is 18.4 Å². The number of carbonyl (C=O) groups excluding carboxylic acids is 2. The van der Waals surface area contributed by atoms with Crippen LogP contribution in [0.4, 0.5) is 4.79 Å². The fourth-order valence-electron chi connectivity index (χ4n) is 1.37. The molecule has 116 valence electrons. The largest absolute Gasteiger partial charge is 0.516 e. The highest BCUT2D eigenvalue weighted by atomic mass is 16.8. The lowest BCUT2D eigenvalue weighted by Crippen LogP contribution is -2.32. The molecule has 1 aromatic rings. The Hall–Kier alpha value is -2.04. The van der Waals surface area contributed by atoms with Crippen molar-refractivity contribution in [3.05, 3.63) is 29.8 Å². The van der Waals surface area contributed by atoms with Gasteiger partial charge < -0.3 is 14.2 Å². The van der Waals surface area contributed by atoms with Crippen LogP contribution in [0.3, 0.4) is 0 Å². The third-order valence-corrected chi connectivity index (χ3v) is 2.68. The van der Waals surface area contributed by atoms with Gasteiger partial charge in [0.25, 0.3) is 6.29 Å². The molecule has 0 aliphatic heterocycles. The van der Waals surface area contributed by atoms with E-state index >= 15 is 0 Å². The fraction of sp³-hybridized carbons (Fsp3) is 0.500. The van der Waals surface area contributed by atoms with Crippen LogP contribution in [0.2, 0.25) is 0 Å². The summed E-state index contributed by atoms with van der Waals surface area (Å²) < 4.78 is 15.2. The maximum Gasteiger partial charge on any atom is 0.516 e. The van der Waals surface area contributed by atoms with E-state index in [2.05, 4.69) is 0 Å². The molecular formula is C16H22O5. The molecule has 0 fully saturated rings. The van der Waals surface area contributed by atoms with Crippen LogP contribution in [-0.2, 0) is 14.3 Å². The summed E-state index contributed by atoms with van der Waals surface area (Å²) in [5, 5.41) is 0. The van der Waals surface area contributed by atoms with Crippen molar-refractivity contribution < 1.29 is 23.8 Å². The smallest absolute Gasteiger partial charge is 0.425 e. The Bertz CT molecular complexity index is 476. The Labute approximate surface area is 125 Å². The van der Waals surface area contributed by atoms with E-state index in [1.165, 1.54) is 0 Å². The minimum atomic E-state index is -0.960. The summed E-state index contributed by atoms with van der Waals surface area (Å²) in [5.41, 5.74) is 1.06. The number of ether oxygens (including phenoxy) is 3. The molecular weight excluding hydrogens is 272 g/mol. The van der Waals surface area contributed by atoms with Crippen LogP contribution < -0.4 is 4.74 Å². The number of hydrogen-bond donors (Lipinski definition) is 0. The van der Waals surface area contributed by atoms with Gasteiger partial charge in [0.1, 0.15) is 5.75 Å². The number of rotatable bonds is 5. The molecule has 0 N–H and O–H groups in total. The zero-order chi connectivity index (χ0) is 16.0. The lowest BCUT2D eigenvalue weighted by atomic mass is 10.2. The maximum absolute atomic E-state index is 11.7. The number of hydrogen-bond acceptors (Lipinski definition) is 5. The van der Waals surface area contributed by atoms with E-state index < -0.39 is 18.4 Å². The second-order valence-electron chi connectivity index (χ2n) is 5.49. The quantitative estimate of drug-likeness (QED) is 0.471.